The Morgan fingerprint density at radius 1 is 1.12 bits per heavy atom. The summed E-state index contributed by atoms with van der Waals surface area (Å²) in [6.07, 6.45) is 3.24. The molecule has 136 valence electrons. The van der Waals surface area contributed by atoms with Crippen molar-refractivity contribution >= 4 is 18.0 Å². The summed E-state index contributed by atoms with van der Waals surface area (Å²) < 4.78 is 4.91. The maximum atomic E-state index is 11.9. The first-order chi connectivity index (χ1) is 12.5. The molecule has 0 heterocycles. The summed E-state index contributed by atoms with van der Waals surface area (Å²) in [5.41, 5.74) is 2.35. The summed E-state index contributed by atoms with van der Waals surface area (Å²) in [5.74, 6) is -2.46. The molecule has 0 saturated carbocycles. The van der Waals surface area contributed by atoms with Gasteiger partial charge < -0.3 is 14.9 Å². The van der Waals surface area contributed by atoms with E-state index in [0.717, 1.165) is 11.1 Å². The van der Waals surface area contributed by atoms with Gasteiger partial charge in [-0.15, -0.1) is 0 Å². The molecule has 0 aromatic heterocycles. The number of phenolic OH excluding ortho intramolecular Hbond substituents is 1. The van der Waals surface area contributed by atoms with Crippen LogP contribution in [-0.4, -0.2) is 28.8 Å². The lowest BCUT2D eigenvalue weighted by Gasteiger charge is -2.10. The Labute approximate surface area is 152 Å². The largest absolute Gasteiger partial charge is 0.507 e. The van der Waals surface area contributed by atoms with Crippen molar-refractivity contribution in [3.8, 4) is 5.75 Å². The molecule has 0 aliphatic rings. The molecule has 0 fully saturated rings. The van der Waals surface area contributed by atoms with Crippen LogP contribution in [0.15, 0.2) is 54.6 Å². The van der Waals surface area contributed by atoms with E-state index >= 15 is 0 Å². The number of esters is 1. The number of aromatic hydroxyl groups is 1. The maximum Gasteiger partial charge on any atom is 0.313 e. The standard InChI is InChI=1S/C21H22O5/c1-2-26-21(25)18(14-19(22)23)12-11-16-9-6-10-17(20(16)24)13-15-7-4-3-5-8-15/h3-12,18,24H,2,13-14H2,1H3,(H,22,23). The highest BCUT2D eigenvalue weighted by atomic mass is 16.5. The Balaban J connectivity index is 2.21. The van der Waals surface area contributed by atoms with Crippen molar-refractivity contribution in [2.24, 2.45) is 5.92 Å². The topological polar surface area (TPSA) is 83.8 Å². The number of aliphatic carboxylic acids is 1. The van der Waals surface area contributed by atoms with Gasteiger partial charge in [0.05, 0.1) is 18.9 Å². The lowest BCUT2D eigenvalue weighted by molar-refractivity contribution is -0.150. The van der Waals surface area contributed by atoms with Gasteiger partial charge in [0, 0.05) is 12.0 Å². The van der Waals surface area contributed by atoms with E-state index in [1.165, 1.54) is 6.08 Å². The van der Waals surface area contributed by atoms with Gasteiger partial charge in [-0.05, 0) is 18.1 Å². The van der Waals surface area contributed by atoms with Crippen molar-refractivity contribution in [2.75, 3.05) is 6.61 Å². The summed E-state index contributed by atoms with van der Waals surface area (Å²) in [7, 11) is 0. The van der Waals surface area contributed by atoms with Gasteiger partial charge in [0.15, 0.2) is 0 Å². The highest BCUT2D eigenvalue weighted by Gasteiger charge is 2.20. The van der Waals surface area contributed by atoms with E-state index in [0.29, 0.717) is 12.0 Å². The number of rotatable bonds is 8. The van der Waals surface area contributed by atoms with Gasteiger partial charge in [0.25, 0.3) is 0 Å². The van der Waals surface area contributed by atoms with E-state index in [9.17, 15) is 14.7 Å². The Hall–Kier alpha value is -3.08. The van der Waals surface area contributed by atoms with Crippen LogP contribution in [0.5, 0.6) is 5.75 Å². The van der Waals surface area contributed by atoms with Gasteiger partial charge in [-0.3, -0.25) is 9.59 Å². The lowest BCUT2D eigenvalue weighted by atomic mass is 9.99. The molecule has 0 bridgehead atoms. The minimum absolute atomic E-state index is 0.116. The van der Waals surface area contributed by atoms with Crippen LogP contribution in [-0.2, 0) is 20.7 Å². The number of carboxylic acids is 1. The summed E-state index contributed by atoms with van der Waals surface area (Å²) in [5, 5.41) is 19.5. The van der Waals surface area contributed by atoms with Gasteiger partial charge >= 0.3 is 11.9 Å². The summed E-state index contributed by atoms with van der Waals surface area (Å²) in [4.78, 5) is 22.9. The zero-order valence-electron chi connectivity index (χ0n) is 14.6. The van der Waals surface area contributed by atoms with Crippen molar-refractivity contribution in [3.63, 3.8) is 0 Å². The third-order valence-electron chi connectivity index (χ3n) is 3.88. The van der Waals surface area contributed by atoms with Crippen molar-refractivity contribution in [1.82, 2.24) is 0 Å². The molecule has 2 N–H and O–H groups in total. The number of hydrogen-bond donors (Lipinski definition) is 2. The second kappa shape index (κ2) is 9.42. The fourth-order valence-corrected chi connectivity index (χ4v) is 2.59. The fourth-order valence-electron chi connectivity index (χ4n) is 2.59. The smallest absolute Gasteiger partial charge is 0.313 e. The molecule has 2 aromatic carbocycles. The minimum Gasteiger partial charge on any atom is -0.507 e. The number of benzene rings is 2. The Morgan fingerprint density at radius 3 is 2.50 bits per heavy atom. The zero-order valence-corrected chi connectivity index (χ0v) is 14.6. The Kier molecular flexibility index (Phi) is 6.97. The molecule has 0 amide bonds. The predicted octanol–water partition coefficient (Wildman–Crippen LogP) is 3.65. The van der Waals surface area contributed by atoms with Gasteiger partial charge in [-0.1, -0.05) is 60.7 Å². The third-order valence-corrected chi connectivity index (χ3v) is 3.88. The number of carbonyl (C=O) groups excluding carboxylic acids is 1. The number of carboxylic acid groups (broad SMARTS) is 1. The Bertz CT molecular complexity index is 780. The Morgan fingerprint density at radius 2 is 1.85 bits per heavy atom. The minimum atomic E-state index is -1.09. The number of para-hydroxylation sites is 1. The lowest BCUT2D eigenvalue weighted by Crippen LogP contribution is -2.19. The van der Waals surface area contributed by atoms with Crippen molar-refractivity contribution in [1.29, 1.82) is 0 Å². The predicted molar refractivity (Wildman–Crippen MR) is 98.8 cm³/mol. The van der Waals surface area contributed by atoms with E-state index in [-0.39, 0.29) is 18.8 Å². The molecule has 1 unspecified atom stereocenters. The molecular weight excluding hydrogens is 332 g/mol. The van der Waals surface area contributed by atoms with Crippen LogP contribution in [0.4, 0.5) is 0 Å². The van der Waals surface area contributed by atoms with Crippen molar-refractivity contribution < 1.29 is 24.5 Å². The van der Waals surface area contributed by atoms with Crippen LogP contribution < -0.4 is 0 Å². The highest BCUT2D eigenvalue weighted by Crippen LogP contribution is 2.26. The molecule has 5 nitrogen and oxygen atoms in total. The SMILES string of the molecule is CCOC(=O)C(C=Cc1cccc(Cc2ccccc2)c1O)CC(=O)O. The number of carbonyl (C=O) groups is 2. The molecule has 0 aliphatic heterocycles. The molecule has 26 heavy (non-hydrogen) atoms. The van der Waals surface area contributed by atoms with E-state index in [2.05, 4.69) is 0 Å². The van der Waals surface area contributed by atoms with Crippen LogP contribution in [0.1, 0.15) is 30.0 Å². The van der Waals surface area contributed by atoms with E-state index in [1.54, 1.807) is 19.1 Å². The molecule has 0 saturated heterocycles. The number of phenols is 1. The first-order valence-electron chi connectivity index (χ1n) is 8.42. The van der Waals surface area contributed by atoms with Crippen LogP contribution in [0.3, 0.4) is 0 Å². The van der Waals surface area contributed by atoms with E-state index < -0.39 is 17.9 Å². The molecule has 2 aromatic rings. The van der Waals surface area contributed by atoms with Crippen LogP contribution >= 0.6 is 0 Å². The van der Waals surface area contributed by atoms with Gasteiger partial charge in [0.1, 0.15) is 5.75 Å². The highest BCUT2D eigenvalue weighted by molar-refractivity contribution is 5.82. The molecule has 0 spiro atoms. The van der Waals surface area contributed by atoms with Crippen molar-refractivity contribution in [3.05, 3.63) is 71.3 Å². The average molecular weight is 354 g/mol. The maximum absolute atomic E-state index is 11.9. The molecule has 0 aliphatic carbocycles. The zero-order chi connectivity index (χ0) is 18.9. The first kappa shape index (κ1) is 19.2. The van der Waals surface area contributed by atoms with E-state index in [4.69, 9.17) is 9.84 Å². The number of ether oxygens (including phenoxy) is 1. The van der Waals surface area contributed by atoms with Crippen LogP contribution in [0, 0.1) is 5.92 Å². The number of hydrogen-bond acceptors (Lipinski definition) is 4. The third kappa shape index (κ3) is 5.48. The second-order valence-electron chi connectivity index (χ2n) is 5.83. The van der Waals surface area contributed by atoms with Crippen LogP contribution in [0.25, 0.3) is 6.08 Å². The van der Waals surface area contributed by atoms with Gasteiger partial charge in [-0.25, -0.2) is 0 Å². The van der Waals surface area contributed by atoms with Gasteiger partial charge in [0.2, 0.25) is 0 Å². The normalized spacial score (nSPS) is 12.0. The van der Waals surface area contributed by atoms with Crippen LogP contribution in [0.2, 0.25) is 0 Å². The van der Waals surface area contributed by atoms with Crippen molar-refractivity contribution in [2.45, 2.75) is 19.8 Å². The van der Waals surface area contributed by atoms with E-state index in [1.807, 2.05) is 42.5 Å². The average Bonchev–Trinajstić information content (AvgIpc) is 2.62. The summed E-state index contributed by atoms with van der Waals surface area (Å²) in [6.45, 7) is 1.85. The summed E-state index contributed by atoms with van der Waals surface area (Å²) >= 11 is 0. The van der Waals surface area contributed by atoms with Gasteiger partial charge in [-0.2, -0.15) is 0 Å². The second-order valence-corrected chi connectivity index (χ2v) is 5.83. The fraction of sp³-hybridized carbons (Fsp3) is 0.238. The molecule has 1 atom stereocenters. The molecule has 5 heteroatoms. The quantitative estimate of drug-likeness (QED) is 0.707. The first-order valence-corrected chi connectivity index (χ1v) is 8.42. The molecule has 0 radical (unpaired) electrons. The summed E-state index contributed by atoms with van der Waals surface area (Å²) in [6, 6.07) is 15.1. The molecular formula is C21H22O5. The monoisotopic (exact) mass is 354 g/mol. The molecule has 2 rings (SSSR count).